The van der Waals surface area contributed by atoms with E-state index >= 15 is 0 Å². The van der Waals surface area contributed by atoms with Crippen LogP contribution in [0, 0.1) is 29.1 Å². The van der Waals surface area contributed by atoms with Crippen molar-refractivity contribution >= 4 is 5.97 Å². The molecule has 3 aliphatic carbocycles. The van der Waals surface area contributed by atoms with Crippen LogP contribution in [0.25, 0.3) is 0 Å². The van der Waals surface area contributed by atoms with Crippen LogP contribution in [0.2, 0.25) is 0 Å². The van der Waals surface area contributed by atoms with E-state index in [0.717, 1.165) is 48.8 Å². The van der Waals surface area contributed by atoms with Crippen LogP contribution in [0.1, 0.15) is 94.6 Å². The van der Waals surface area contributed by atoms with Crippen LogP contribution < -0.4 is 14.2 Å². The van der Waals surface area contributed by atoms with Gasteiger partial charge in [0.15, 0.2) is 17.1 Å². The molecule has 2 aromatic rings. The van der Waals surface area contributed by atoms with E-state index in [1.54, 1.807) is 7.11 Å². The second-order valence-corrected chi connectivity index (χ2v) is 14.1. The minimum absolute atomic E-state index is 0.0758. The number of benzene rings is 2. The molecule has 0 bridgehead atoms. The largest absolute Gasteiger partial charge is 0.497 e. The smallest absolute Gasteiger partial charge is 0.342 e. The molecular weight excluding hydrogens is 524 g/mol. The fraction of sp³-hybridized carbons (Fsp3) is 0.595. The Bertz CT molecular complexity index is 1370. The van der Waals surface area contributed by atoms with Gasteiger partial charge in [0.2, 0.25) is 0 Å². The van der Waals surface area contributed by atoms with E-state index in [1.807, 2.05) is 24.3 Å². The molecule has 2 saturated carbocycles. The van der Waals surface area contributed by atoms with Crippen molar-refractivity contribution in [3.63, 3.8) is 0 Å². The highest BCUT2D eigenvalue weighted by molar-refractivity contribution is 5.95. The summed E-state index contributed by atoms with van der Waals surface area (Å²) < 4.78 is 24.8. The third kappa shape index (κ3) is 4.62. The van der Waals surface area contributed by atoms with Crippen molar-refractivity contribution < 1.29 is 23.7 Å². The first kappa shape index (κ1) is 29.1. The molecule has 42 heavy (non-hydrogen) atoms. The third-order valence-electron chi connectivity index (χ3n) is 11.5. The summed E-state index contributed by atoms with van der Waals surface area (Å²) in [6, 6.07) is 12.1. The normalized spacial score (nSPS) is 31.6. The standard InChI is InChI=1S/C37H48O5/c1-22(2)28-18-19-36(5)21-30-23(3)20-32-37(30,24(4)8-16-29(28)36)42-34-31(41-32)17-13-26(33(34)35(38)40-7)12-9-25-10-14-27(39-6)15-11-25/h10-11,13-15,17,22,24,28-29,32H,8-9,12,16,18-21H2,1-7H3. The number of fused-ring (bicyclic) bond motifs is 2. The Morgan fingerprint density at radius 2 is 1.81 bits per heavy atom. The van der Waals surface area contributed by atoms with Crippen LogP contribution in [0.3, 0.4) is 0 Å². The summed E-state index contributed by atoms with van der Waals surface area (Å²) in [6.45, 7) is 12.0. The van der Waals surface area contributed by atoms with Gasteiger partial charge >= 0.3 is 5.97 Å². The van der Waals surface area contributed by atoms with Crippen molar-refractivity contribution in [2.45, 2.75) is 97.7 Å². The van der Waals surface area contributed by atoms with Gasteiger partial charge in [-0.25, -0.2) is 4.79 Å². The summed E-state index contributed by atoms with van der Waals surface area (Å²) in [5.41, 5.74) is 5.18. The average molecular weight is 573 g/mol. The highest BCUT2D eigenvalue weighted by Gasteiger charge is 2.61. The predicted molar refractivity (Wildman–Crippen MR) is 165 cm³/mol. The van der Waals surface area contributed by atoms with Gasteiger partial charge in [0.25, 0.3) is 0 Å². The quantitative estimate of drug-likeness (QED) is 0.257. The molecule has 0 amide bonds. The van der Waals surface area contributed by atoms with Gasteiger partial charge in [-0.15, -0.1) is 0 Å². The van der Waals surface area contributed by atoms with Crippen molar-refractivity contribution in [1.82, 2.24) is 0 Å². The maximum absolute atomic E-state index is 13.4. The molecule has 0 radical (unpaired) electrons. The van der Waals surface area contributed by atoms with Crippen LogP contribution in [-0.4, -0.2) is 31.9 Å². The molecule has 226 valence electrons. The van der Waals surface area contributed by atoms with Crippen molar-refractivity contribution in [3.8, 4) is 17.2 Å². The van der Waals surface area contributed by atoms with Gasteiger partial charge in [-0.2, -0.15) is 0 Å². The zero-order valence-electron chi connectivity index (χ0n) is 26.5. The number of methoxy groups -OCH3 is 2. The molecule has 6 unspecified atom stereocenters. The van der Waals surface area contributed by atoms with Crippen molar-refractivity contribution in [1.29, 1.82) is 0 Å². The Balaban J connectivity index is 1.37. The first-order valence-electron chi connectivity index (χ1n) is 16.0. The monoisotopic (exact) mass is 572 g/mol. The minimum Gasteiger partial charge on any atom is -0.497 e. The number of aryl methyl sites for hydroxylation is 2. The highest BCUT2D eigenvalue weighted by atomic mass is 16.6. The molecule has 1 heterocycles. The van der Waals surface area contributed by atoms with Gasteiger partial charge in [0.1, 0.15) is 17.4 Å². The van der Waals surface area contributed by atoms with Gasteiger partial charge in [0.05, 0.1) is 14.2 Å². The fourth-order valence-corrected chi connectivity index (χ4v) is 9.10. The zero-order valence-corrected chi connectivity index (χ0v) is 26.5. The van der Waals surface area contributed by atoms with Gasteiger partial charge in [0, 0.05) is 12.3 Å². The van der Waals surface area contributed by atoms with Gasteiger partial charge < -0.3 is 18.9 Å². The van der Waals surface area contributed by atoms with Crippen LogP contribution in [-0.2, 0) is 17.6 Å². The molecule has 1 aliphatic heterocycles. The van der Waals surface area contributed by atoms with Crippen molar-refractivity contribution in [2.75, 3.05) is 14.2 Å². The lowest BCUT2D eigenvalue weighted by molar-refractivity contribution is -0.0791. The lowest BCUT2D eigenvalue weighted by atomic mass is 9.62. The van der Waals surface area contributed by atoms with Gasteiger partial charge in [-0.05, 0) is 110 Å². The predicted octanol–water partition coefficient (Wildman–Crippen LogP) is 8.37. The molecule has 0 aromatic heterocycles. The molecule has 0 saturated heterocycles. The van der Waals surface area contributed by atoms with E-state index in [1.165, 1.54) is 43.1 Å². The maximum Gasteiger partial charge on any atom is 0.342 e. The molecule has 2 aromatic carbocycles. The molecule has 6 atom stereocenters. The summed E-state index contributed by atoms with van der Waals surface area (Å²) in [5.74, 6) is 4.22. The summed E-state index contributed by atoms with van der Waals surface area (Å²) in [7, 11) is 3.13. The second kappa shape index (κ2) is 11.0. The van der Waals surface area contributed by atoms with Gasteiger partial charge in [-0.3, -0.25) is 0 Å². The Kier molecular flexibility index (Phi) is 7.60. The van der Waals surface area contributed by atoms with E-state index in [9.17, 15) is 4.79 Å². The average Bonchev–Trinajstić information content (AvgIpc) is 3.45. The van der Waals surface area contributed by atoms with Crippen LogP contribution in [0.5, 0.6) is 17.2 Å². The van der Waals surface area contributed by atoms with Crippen molar-refractivity contribution in [3.05, 3.63) is 64.2 Å². The molecule has 5 heteroatoms. The van der Waals surface area contributed by atoms with E-state index in [2.05, 4.69) is 46.8 Å². The zero-order chi connectivity index (χ0) is 29.8. The Morgan fingerprint density at radius 3 is 2.50 bits per heavy atom. The van der Waals surface area contributed by atoms with Crippen molar-refractivity contribution in [2.24, 2.45) is 29.1 Å². The molecule has 2 fully saturated rings. The second-order valence-electron chi connectivity index (χ2n) is 14.1. The Hall–Kier alpha value is -2.95. The van der Waals surface area contributed by atoms with Crippen LogP contribution >= 0.6 is 0 Å². The molecule has 6 rings (SSSR count). The number of carbonyl (C=O) groups excluding carboxylic acids is 1. The molecule has 1 spiro atoms. The first-order valence-corrected chi connectivity index (χ1v) is 16.0. The Labute approximate surface area is 252 Å². The number of carbonyl (C=O) groups is 1. The van der Waals surface area contributed by atoms with E-state index in [0.29, 0.717) is 29.4 Å². The third-order valence-corrected chi connectivity index (χ3v) is 11.5. The number of esters is 1. The number of hydrogen-bond donors (Lipinski definition) is 0. The number of rotatable bonds is 6. The van der Waals surface area contributed by atoms with Crippen LogP contribution in [0.15, 0.2) is 47.5 Å². The number of hydrogen-bond acceptors (Lipinski definition) is 5. The maximum atomic E-state index is 13.4. The van der Waals surface area contributed by atoms with E-state index < -0.39 is 5.60 Å². The first-order chi connectivity index (χ1) is 20.1. The summed E-state index contributed by atoms with van der Waals surface area (Å²) >= 11 is 0. The molecule has 4 aliphatic rings. The summed E-state index contributed by atoms with van der Waals surface area (Å²) in [5, 5.41) is 0. The Morgan fingerprint density at radius 1 is 1.05 bits per heavy atom. The summed E-state index contributed by atoms with van der Waals surface area (Å²) in [6.07, 6.45) is 8.25. The molecule has 0 N–H and O–H groups in total. The SMILES string of the molecule is COC(=O)c1c(CCc2ccc(OC)cc2)ccc2c1OC13C(=C(C)CC1O2)CC1(C)CCC(C(C)C)C1CCC3C. The fourth-order valence-electron chi connectivity index (χ4n) is 9.10. The molecule has 5 nitrogen and oxygen atoms in total. The highest BCUT2D eigenvalue weighted by Crippen LogP contribution is 2.62. The van der Waals surface area contributed by atoms with Crippen LogP contribution in [0.4, 0.5) is 0 Å². The summed E-state index contributed by atoms with van der Waals surface area (Å²) in [4.78, 5) is 13.4. The topological polar surface area (TPSA) is 54.0 Å². The van der Waals surface area contributed by atoms with E-state index in [4.69, 9.17) is 18.9 Å². The lowest BCUT2D eigenvalue weighted by Crippen LogP contribution is -2.57. The number of ether oxygens (including phenoxy) is 4. The lowest BCUT2D eigenvalue weighted by Gasteiger charge is -2.51. The van der Waals surface area contributed by atoms with E-state index in [-0.39, 0.29) is 23.4 Å². The molecular formula is C37H48O5. The minimum atomic E-state index is -0.557. The van der Waals surface area contributed by atoms with Gasteiger partial charge in [-0.1, -0.05) is 51.5 Å².